The van der Waals surface area contributed by atoms with Crippen LogP contribution in [0.1, 0.15) is 47.5 Å². The van der Waals surface area contributed by atoms with Crippen molar-refractivity contribution in [1.82, 2.24) is 10.6 Å². The van der Waals surface area contributed by atoms with Crippen LogP contribution in [0, 0.1) is 0 Å². The molecule has 0 fully saturated rings. The zero-order valence-electron chi connectivity index (χ0n) is 16.4. The van der Waals surface area contributed by atoms with Gasteiger partial charge in [-0.2, -0.15) is 0 Å². The zero-order chi connectivity index (χ0) is 20.5. The summed E-state index contributed by atoms with van der Waals surface area (Å²) in [5.74, 6) is -0.874. The Morgan fingerprint density at radius 2 is 1.79 bits per heavy atom. The van der Waals surface area contributed by atoms with Crippen LogP contribution in [0.3, 0.4) is 0 Å². The number of carbonyl (C=O) groups excluding carboxylic acids is 3. The van der Waals surface area contributed by atoms with Crippen LogP contribution >= 0.6 is 11.3 Å². The lowest BCUT2D eigenvalue weighted by molar-refractivity contribution is -0.150. The van der Waals surface area contributed by atoms with Crippen LogP contribution in [0.4, 0.5) is 0 Å². The SMILES string of the molecule is CC(NC(=O)c1cccs1)C(=O)OCC(=O)NCCc1ccc(C(C)C)cc1. The summed E-state index contributed by atoms with van der Waals surface area (Å²) < 4.78 is 4.97. The summed E-state index contributed by atoms with van der Waals surface area (Å²) in [6, 6.07) is 10.9. The molecule has 0 spiro atoms. The maximum Gasteiger partial charge on any atom is 0.328 e. The second kappa shape index (κ2) is 10.6. The molecule has 1 aromatic carbocycles. The smallest absolute Gasteiger partial charge is 0.328 e. The number of ether oxygens (including phenoxy) is 1. The molecule has 0 aliphatic heterocycles. The van der Waals surface area contributed by atoms with E-state index in [4.69, 9.17) is 4.74 Å². The molecule has 1 aromatic heterocycles. The molecule has 0 saturated heterocycles. The average Bonchev–Trinajstić information content (AvgIpc) is 3.21. The van der Waals surface area contributed by atoms with Crippen LogP contribution in [0.15, 0.2) is 41.8 Å². The van der Waals surface area contributed by atoms with Gasteiger partial charge >= 0.3 is 5.97 Å². The van der Waals surface area contributed by atoms with E-state index < -0.39 is 12.0 Å². The van der Waals surface area contributed by atoms with Crippen LogP contribution in [0.5, 0.6) is 0 Å². The predicted molar refractivity (Wildman–Crippen MR) is 109 cm³/mol. The lowest BCUT2D eigenvalue weighted by atomic mass is 10.0. The minimum absolute atomic E-state index is 0.340. The fourth-order valence-electron chi connectivity index (χ4n) is 2.46. The number of hydrogen-bond acceptors (Lipinski definition) is 5. The molecule has 1 unspecified atom stereocenters. The molecule has 2 rings (SSSR count). The van der Waals surface area contributed by atoms with E-state index in [0.29, 0.717) is 23.8 Å². The minimum Gasteiger partial charge on any atom is -0.454 e. The first-order valence-corrected chi connectivity index (χ1v) is 10.1. The van der Waals surface area contributed by atoms with Crippen molar-refractivity contribution in [2.24, 2.45) is 0 Å². The molecule has 1 atom stereocenters. The molecule has 7 heteroatoms. The number of carbonyl (C=O) groups is 3. The number of nitrogens with one attached hydrogen (secondary N) is 2. The summed E-state index contributed by atoms with van der Waals surface area (Å²) in [4.78, 5) is 36.2. The topological polar surface area (TPSA) is 84.5 Å². The first-order valence-electron chi connectivity index (χ1n) is 9.23. The summed E-state index contributed by atoms with van der Waals surface area (Å²) in [7, 11) is 0. The van der Waals surface area contributed by atoms with Gasteiger partial charge in [-0.05, 0) is 41.8 Å². The lowest BCUT2D eigenvalue weighted by Gasteiger charge is -2.13. The van der Waals surface area contributed by atoms with Crippen LogP contribution in [-0.2, 0) is 20.7 Å². The van der Waals surface area contributed by atoms with E-state index in [1.165, 1.54) is 23.8 Å². The van der Waals surface area contributed by atoms with Gasteiger partial charge in [0.2, 0.25) is 0 Å². The molecule has 2 N–H and O–H groups in total. The third kappa shape index (κ3) is 6.81. The van der Waals surface area contributed by atoms with E-state index in [0.717, 1.165) is 5.56 Å². The fraction of sp³-hybridized carbons (Fsp3) is 0.381. The van der Waals surface area contributed by atoms with Crippen molar-refractivity contribution in [1.29, 1.82) is 0 Å². The van der Waals surface area contributed by atoms with Crippen molar-refractivity contribution in [2.75, 3.05) is 13.2 Å². The molecular weight excluding hydrogens is 376 g/mol. The van der Waals surface area contributed by atoms with Gasteiger partial charge in [-0.25, -0.2) is 4.79 Å². The zero-order valence-corrected chi connectivity index (χ0v) is 17.2. The summed E-state index contributed by atoms with van der Waals surface area (Å²) in [6.07, 6.45) is 0.700. The van der Waals surface area contributed by atoms with E-state index in [1.54, 1.807) is 17.5 Å². The maximum absolute atomic E-state index is 11.9. The van der Waals surface area contributed by atoms with Gasteiger partial charge in [0.05, 0.1) is 4.88 Å². The molecule has 1 heterocycles. The van der Waals surface area contributed by atoms with E-state index in [1.807, 2.05) is 0 Å². The second-order valence-corrected chi connectivity index (χ2v) is 7.72. The Labute approximate surface area is 169 Å². The van der Waals surface area contributed by atoms with Gasteiger partial charge in [0.1, 0.15) is 6.04 Å². The van der Waals surface area contributed by atoms with Crippen LogP contribution in [0.25, 0.3) is 0 Å². The Morgan fingerprint density at radius 3 is 2.39 bits per heavy atom. The monoisotopic (exact) mass is 402 g/mol. The molecule has 0 aliphatic rings. The van der Waals surface area contributed by atoms with Gasteiger partial charge in [0.25, 0.3) is 11.8 Å². The number of rotatable bonds is 9. The molecule has 150 valence electrons. The summed E-state index contributed by atoms with van der Waals surface area (Å²) in [5, 5.41) is 7.05. The van der Waals surface area contributed by atoms with Crippen molar-refractivity contribution in [3.05, 3.63) is 57.8 Å². The lowest BCUT2D eigenvalue weighted by Crippen LogP contribution is -2.40. The van der Waals surface area contributed by atoms with Crippen molar-refractivity contribution < 1.29 is 19.1 Å². The fourth-order valence-corrected chi connectivity index (χ4v) is 3.09. The van der Waals surface area contributed by atoms with Crippen LogP contribution in [-0.4, -0.2) is 37.0 Å². The molecule has 0 radical (unpaired) electrons. The Kier molecular flexibility index (Phi) is 8.19. The van der Waals surface area contributed by atoms with E-state index in [9.17, 15) is 14.4 Å². The molecule has 28 heavy (non-hydrogen) atoms. The second-order valence-electron chi connectivity index (χ2n) is 6.78. The number of amides is 2. The van der Waals surface area contributed by atoms with Gasteiger partial charge in [-0.15, -0.1) is 11.3 Å². The van der Waals surface area contributed by atoms with Gasteiger partial charge in [0.15, 0.2) is 6.61 Å². The molecule has 2 amide bonds. The highest BCUT2D eigenvalue weighted by Gasteiger charge is 2.19. The standard InChI is InChI=1S/C21H26N2O4S/c1-14(2)17-8-6-16(7-9-17)10-11-22-19(24)13-27-21(26)15(3)23-20(25)18-5-4-12-28-18/h4-9,12,14-15H,10-11,13H2,1-3H3,(H,22,24)(H,23,25). The van der Waals surface area contributed by atoms with Crippen molar-refractivity contribution >= 4 is 29.1 Å². The number of thiophene rings is 1. The Bertz CT molecular complexity index is 785. The van der Waals surface area contributed by atoms with E-state index >= 15 is 0 Å². The van der Waals surface area contributed by atoms with E-state index in [-0.39, 0.29) is 18.4 Å². The third-order valence-electron chi connectivity index (χ3n) is 4.17. The van der Waals surface area contributed by atoms with Gasteiger partial charge in [0, 0.05) is 6.54 Å². The highest BCUT2D eigenvalue weighted by molar-refractivity contribution is 7.12. The van der Waals surface area contributed by atoms with Gasteiger partial charge in [-0.1, -0.05) is 44.2 Å². The first kappa shape index (κ1) is 21.6. The first-order chi connectivity index (χ1) is 13.4. The number of hydrogen-bond donors (Lipinski definition) is 2. The van der Waals surface area contributed by atoms with Gasteiger partial charge in [-0.3, -0.25) is 9.59 Å². The number of benzene rings is 1. The molecular formula is C21H26N2O4S. The molecule has 0 aliphatic carbocycles. The van der Waals surface area contributed by atoms with E-state index in [2.05, 4.69) is 48.7 Å². The van der Waals surface area contributed by atoms with Crippen molar-refractivity contribution in [3.8, 4) is 0 Å². The largest absolute Gasteiger partial charge is 0.454 e. The Morgan fingerprint density at radius 1 is 1.07 bits per heavy atom. The Balaban J connectivity index is 1.65. The van der Waals surface area contributed by atoms with Crippen molar-refractivity contribution in [3.63, 3.8) is 0 Å². The van der Waals surface area contributed by atoms with Crippen molar-refractivity contribution in [2.45, 2.75) is 39.2 Å². The maximum atomic E-state index is 11.9. The van der Waals surface area contributed by atoms with Crippen LogP contribution < -0.4 is 10.6 Å². The quantitative estimate of drug-likeness (QED) is 0.632. The summed E-state index contributed by atoms with van der Waals surface area (Å²) >= 11 is 1.28. The average molecular weight is 403 g/mol. The molecule has 6 nitrogen and oxygen atoms in total. The summed E-state index contributed by atoms with van der Waals surface area (Å²) in [6.45, 7) is 5.90. The number of esters is 1. The normalized spacial score (nSPS) is 11.7. The molecule has 0 bridgehead atoms. The minimum atomic E-state index is -0.832. The Hall–Kier alpha value is -2.67. The molecule has 2 aromatic rings. The third-order valence-corrected chi connectivity index (χ3v) is 5.04. The highest BCUT2D eigenvalue weighted by atomic mass is 32.1. The van der Waals surface area contributed by atoms with Crippen LogP contribution in [0.2, 0.25) is 0 Å². The predicted octanol–water partition coefficient (Wildman–Crippen LogP) is 2.89. The van der Waals surface area contributed by atoms with Gasteiger partial charge < -0.3 is 15.4 Å². The summed E-state index contributed by atoms with van der Waals surface area (Å²) in [5.41, 5.74) is 2.41. The highest BCUT2D eigenvalue weighted by Crippen LogP contribution is 2.14. The molecule has 0 saturated carbocycles.